The largest absolute Gasteiger partial charge is 0.339 e. The van der Waals surface area contributed by atoms with Crippen molar-refractivity contribution in [3.63, 3.8) is 0 Å². The molecule has 25 heavy (non-hydrogen) atoms. The predicted molar refractivity (Wildman–Crippen MR) is 89.6 cm³/mol. The van der Waals surface area contributed by atoms with Crippen molar-refractivity contribution in [1.29, 1.82) is 0 Å². The maximum Gasteiger partial charge on any atom is 0.229 e. The highest BCUT2D eigenvalue weighted by atomic mass is 16.5. The predicted octanol–water partition coefficient (Wildman–Crippen LogP) is 1.22. The zero-order chi connectivity index (χ0) is 17.2. The first-order valence-electron chi connectivity index (χ1n) is 9.23. The van der Waals surface area contributed by atoms with Crippen LogP contribution >= 0.6 is 0 Å². The molecule has 1 saturated heterocycles. The molecule has 2 fully saturated rings. The molecular formula is C16H26N8O. The van der Waals surface area contributed by atoms with Gasteiger partial charge in [0.2, 0.25) is 5.89 Å². The summed E-state index contributed by atoms with van der Waals surface area (Å²) in [4.78, 5) is 9.34. The van der Waals surface area contributed by atoms with Gasteiger partial charge in [0.15, 0.2) is 11.6 Å². The van der Waals surface area contributed by atoms with Crippen molar-refractivity contribution >= 4 is 0 Å². The maximum absolute atomic E-state index is 5.31. The Bertz CT molecular complexity index is 692. The van der Waals surface area contributed by atoms with Crippen LogP contribution in [-0.4, -0.2) is 66.3 Å². The quantitative estimate of drug-likeness (QED) is 0.771. The van der Waals surface area contributed by atoms with Crippen LogP contribution in [0, 0.1) is 0 Å². The lowest BCUT2D eigenvalue weighted by molar-refractivity contribution is 0.235. The molecule has 0 amide bonds. The average molecular weight is 346 g/mol. The molecule has 3 heterocycles. The van der Waals surface area contributed by atoms with E-state index in [1.807, 2.05) is 4.68 Å². The second-order valence-electron chi connectivity index (χ2n) is 7.38. The number of hydrogen-bond acceptors (Lipinski definition) is 8. The molecule has 2 aromatic heterocycles. The fourth-order valence-electron chi connectivity index (χ4n) is 3.23. The maximum atomic E-state index is 5.31. The molecule has 0 spiro atoms. The molecule has 0 radical (unpaired) electrons. The fourth-order valence-corrected chi connectivity index (χ4v) is 3.23. The zero-order valence-corrected chi connectivity index (χ0v) is 15.0. The van der Waals surface area contributed by atoms with Gasteiger partial charge in [0.1, 0.15) is 0 Å². The third kappa shape index (κ3) is 4.04. The van der Waals surface area contributed by atoms with Gasteiger partial charge in [0, 0.05) is 19.0 Å². The smallest absolute Gasteiger partial charge is 0.229 e. The van der Waals surface area contributed by atoms with E-state index in [9.17, 15) is 0 Å². The van der Waals surface area contributed by atoms with Gasteiger partial charge in [-0.05, 0) is 42.8 Å². The van der Waals surface area contributed by atoms with Crippen molar-refractivity contribution in [3.05, 3.63) is 17.5 Å². The standard InChI is InChI=1S/C16H26N8O/c1-12(2)16-17-14(19-25-16)10-22-6-3-7-23(9-8-22)11-15-18-20-21-24(15)13-4-5-13/h12-13H,3-11H2,1-2H3. The van der Waals surface area contributed by atoms with Gasteiger partial charge in [0.05, 0.1) is 19.1 Å². The Morgan fingerprint density at radius 1 is 1.08 bits per heavy atom. The molecular weight excluding hydrogens is 320 g/mol. The molecule has 0 N–H and O–H groups in total. The van der Waals surface area contributed by atoms with Crippen LogP contribution in [0.4, 0.5) is 0 Å². The van der Waals surface area contributed by atoms with Gasteiger partial charge in [-0.15, -0.1) is 5.10 Å². The van der Waals surface area contributed by atoms with E-state index in [-0.39, 0.29) is 5.92 Å². The van der Waals surface area contributed by atoms with Crippen LogP contribution in [0.5, 0.6) is 0 Å². The first-order valence-corrected chi connectivity index (χ1v) is 9.23. The summed E-state index contributed by atoms with van der Waals surface area (Å²) in [6, 6.07) is 0.530. The summed E-state index contributed by atoms with van der Waals surface area (Å²) < 4.78 is 7.32. The average Bonchev–Trinajstić information content (AvgIpc) is 3.21. The van der Waals surface area contributed by atoms with Crippen molar-refractivity contribution in [1.82, 2.24) is 40.1 Å². The number of tetrazole rings is 1. The minimum atomic E-state index is 0.276. The van der Waals surface area contributed by atoms with Gasteiger partial charge < -0.3 is 4.52 Å². The van der Waals surface area contributed by atoms with Crippen LogP contribution in [0.3, 0.4) is 0 Å². The Morgan fingerprint density at radius 3 is 2.52 bits per heavy atom. The monoisotopic (exact) mass is 346 g/mol. The van der Waals surface area contributed by atoms with Gasteiger partial charge >= 0.3 is 0 Å². The van der Waals surface area contributed by atoms with E-state index < -0.39 is 0 Å². The van der Waals surface area contributed by atoms with Crippen molar-refractivity contribution in [2.24, 2.45) is 0 Å². The van der Waals surface area contributed by atoms with Crippen LogP contribution in [0.25, 0.3) is 0 Å². The van der Waals surface area contributed by atoms with Gasteiger partial charge in [-0.2, -0.15) is 4.98 Å². The van der Waals surface area contributed by atoms with Crippen molar-refractivity contribution in [2.75, 3.05) is 26.2 Å². The molecule has 0 unspecified atom stereocenters. The summed E-state index contributed by atoms with van der Waals surface area (Å²) in [5, 5.41) is 16.3. The molecule has 1 aliphatic carbocycles. The minimum Gasteiger partial charge on any atom is -0.339 e. The number of aromatic nitrogens is 6. The van der Waals surface area contributed by atoms with Crippen molar-refractivity contribution in [3.8, 4) is 0 Å². The molecule has 4 rings (SSSR count). The molecule has 0 atom stereocenters. The highest BCUT2D eigenvalue weighted by Crippen LogP contribution is 2.34. The second-order valence-corrected chi connectivity index (χ2v) is 7.38. The summed E-state index contributed by atoms with van der Waals surface area (Å²) in [6.45, 7) is 9.84. The lowest BCUT2D eigenvalue weighted by Gasteiger charge is -2.20. The van der Waals surface area contributed by atoms with Crippen molar-refractivity contribution < 1.29 is 4.52 Å². The summed E-state index contributed by atoms with van der Waals surface area (Å²) in [5.74, 6) is 2.78. The van der Waals surface area contributed by atoms with E-state index in [1.165, 1.54) is 12.8 Å². The Hall–Kier alpha value is -1.87. The first-order chi connectivity index (χ1) is 12.2. The fraction of sp³-hybridized carbons (Fsp3) is 0.812. The number of hydrogen-bond donors (Lipinski definition) is 0. The Kier molecular flexibility index (Phi) is 4.76. The number of nitrogens with zero attached hydrogens (tertiary/aromatic N) is 8. The molecule has 9 heteroatoms. The molecule has 0 aromatic carbocycles. The molecule has 2 aliphatic rings. The summed E-state index contributed by atoms with van der Waals surface area (Å²) in [7, 11) is 0. The van der Waals surface area contributed by atoms with E-state index in [0.717, 1.165) is 63.2 Å². The molecule has 9 nitrogen and oxygen atoms in total. The summed E-state index contributed by atoms with van der Waals surface area (Å²) in [6.07, 6.45) is 3.53. The zero-order valence-electron chi connectivity index (χ0n) is 15.0. The highest BCUT2D eigenvalue weighted by molar-refractivity contribution is 4.92. The Labute approximate surface area is 147 Å². The molecule has 0 bridgehead atoms. The lowest BCUT2D eigenvalue weighted by Crippen LogP contribution is -2.31. The van der Waals surface area contributed by atoms with Gasteiger partial charge in [-0.3, -0.25) is 9.80 Å². The van der Waals surface area contributed by atoms with E-state index in [4.69, 9.17) is 4.52 Å². The van der Waals surface area contributed by atoms with Crippen LogP contribution in [0.1, 0.15) is 62.6 Å². The third-order valence-electron chi connectivity index (χ3n) is 4.84. The van der Waals surface area contributed by atoms with Gasteiger partial charge in [0.25, 0.3) is 0 Å². The summed E-state index contributed by atoms with van der Waals surface area (Å²) >= 11 is 0. The molecule has 2 aromatic rings. The van der Waals surface area contributed by atoms with Gasteiger partial charge in [-0.1, -0.05) is 19.0 Å². The topological polar surface area (TPSA) is 89.0 Å². The third-order valence-corrected chi connectivity index (χ3v) is 4.84. The van der Waals surface area contributed by atoms with Crippen LogP contribution in [0.15, 0.2) is 4.52 Å². The molecule has 1 aliphatic heterocycles. The normalized spacial score (nSPS) is 20.3. The lowest BCUT2D eigenvalue weighted by atomic mass is 10.2. The summed E-state index contributed by atoms with van der Waals surface area (Å²) in [5.41, 5.74) is 0. The second kappa shape index (κ2) is 7.17. The van der Waals surface area contributed by atoms with Crippen LogP contribution in [0.2, 0.25) is 0 Å². The highest BCUT2D eigenvalue weighted by Gasteiger charge is 2.28. The van der Waals surface area contributed by atoms with Crippen molar-refractivity contribution in [2.45, 2.75) is 58.2 Å². The molecule has 1 saturated carbocycles. The van der Waals surface area contributed by atoms with E-state index in [2.05, 4.69) is 49.3 Å². The van der Waals surface area contributed by atoms with E-state index in [1.54, 1.807) is 0 Å². The Morgan fingerprint density at radius 2 is 1.84 bits per heavy atom. The first kappa shape index (κ1) is 16.6. The van der Waals surface area contributed by atoms with E-state index in [0.29, 0.717) is 6.04 Å². The van der Waals surface area contributed by atoms with Crippen LogP contribution < -0.4 is 0 Å². The number of rotatable bonds is 6. The van der Waals surface area contributed by atoms with Gasteiger partial charge in [-0.25, -0.2) is 4.68 Å². The van der Waals surface area contributed by atoms with Crippen LogP contribution in [-0.2, 0) is 13.1 Å². The SMILES string of the molecule is CC(C)c1nc(CN2CCCN(Cc3nnnn3C3CC3)CC2)no1. The Balaban J connectivity index is 1.31. The molecule has 136 valence electrons. The van der Waals surface area contributed by atoms with E-state index >= 15 is 0 Å². The minimum absolute atomic E-state index is 0.276.